The standard InChI is InChI=1S/C17H18N4O2S/c1-21-16(13-6-3-2-4-7-13)19-20-17(21)24-11-9-15(22)18-12-14-8-5-10-23-14/h2-8,10H,9,11-12H2,1H3,(H,18,22). The molecular formula is C17H18N4O2S. The number of benzene rings is 1. The van der Waals surface area contributed by atoms with E-state index < -0.39 is 0 Å². The van der Waals surface area contributed by atoms with Crippen LogP contribution in [0.15, 0.2) is 58.3 Å². The van der Waals surface area contributed by atoms with Crippen molar-refractivity contribution in [2.24, 2.45) is 7.05 Å². The molecule has 3 aromatic rings. The lowest BCUT2D eigenvalue weighted by molar-refractivity contribution is -0.120. The number of thioether (sulfide) groups is 1. The molecule has 0 atom stereocenters. The number of hydrogen-bond donors (Lipinski definition) is 1. The van der Waals surface area contributed by atoms with Crippen LogP contribution < -0.4 is 5.32 Å². The molecule has 2 heterocycles. The van der Waals surface area contributed by atoms with E-state index in [0.717, 1.165) is 22.3 Å². The van der Waals surface area contributed by atoms with Crippen LogP contribution in [0.25, 0.3) is 11.4 Å². The summed E-state index contributed by atoms with van der Waals surface area (Å²) in [7, 11) is 1.93. The first-order valence-corrected chi connectivity index (χ1v) is 8.59. The SMILES string of the molecule is Cn1c(SCCC(=O)NCc2ccco2)nnc1-c1ccccc1. The smallest absolute Gasteiger partial charge is 0.221 e. The lowest BCUT2D eigenvalue weighted by Gasteiger charge is -2.04. The summed E-state index contributed by atoms with van der Waals surface area (Å²) in [5.74, 6) is 2.20. The van der Waals surface area contributed by atoms with E-state index in [1.165, 1.54) is 11.8 Å². The number of aromatic nitrogens is 3. The van der Waals surface area contributed by atoms with Gasteiger partial charge in [0.25, 0.3) is 0 Å². The summed E-state index contributed by atoms with van der Waals surface area (Å²) < 4.78 is 7.12. The average Bonchev–Trinajstić information content (AvgIpc) is 3.24. The summed E-state index contributed by atoms with van der Waals surface area (Å²) in [6.45, 7) is 0.415. The zero-order valence-corrected chi connectivity index (χ0v) is 14.1. The van der Waals surface area contributed by atoms with E-state index in [4.69, 9.17) is 4.42 Å². The second-order valence-electron chi connectivity index (χ2n) is 5.19. The van der Waals surface area contributed by atoms with Crippen LogP contribution in [0.2, 0.25) is 0 Å². The van der Waals surface area contributed by atoms with E-state index in [9.17, 15) is 4.79 Å². The summed E-state index contributed by atoms with van der Waals surface area (Å²) in [5, 5.41) is 12.1. The van der Waals surface area contributed by atoms with Gasteiger partial charge in [-0.05, 0) is 12.1 Å². The fourth-order valence-electron chi connectivity index (χ4n) is 2.20. The molecule has 0 spiro atoms. The molecule has 0 aliphatic carbocycles. The summed E-state index contributed by atoms with van der Waals surface area (Å²) in [6.07, 6.45) is 2.01. The third kappa shape index (κ3) is 4.05. The first-order valence-electron chi connectivity index (χ1n) is 7.61. The maximum Gasteiger partial charge on any atom is 0.221 e. The van der Waals surface area contributed by atoms with Crippen molar-refractivity contribution in [2.45, 2.75) is 18.1 Å². The van der Waals surface area contributed by atoms with Gasteiger partial charge in [-0.15, -0.1) is 10.2 Å². The Bertz CT molecular complexity index is 784. The van der Waals surface area contributed by atoms with Crippen LogP contribution in [0.5, 0.6) is 0 Å². The molecule has 1 aromatic carbocycles. The molecule has 3 rings (SSSR count). The number of nitrogens with zero attached hydrogens (tertiary/aromatic N) is 3. The van der Waals surface area contributed by atoms with Crippen molar-refractivity contribution < 1.29 is 9.21 Å². The quantitative estimate of drug-likeness (QED) is 0.668. The van der Waals surface area contributed by atoms with Crippen LogP contribution in [0.4, 0.5) is 0 Å². The van der Waals surface area contributed by atoms with E-state index in [1.54, 1.807) is 12.3 Å². The average molecular weight is 342 g/mol. The van der Waals surface area contributed by atoms with Gasteiger partial charge in [0.1, 0.15) is 5.76 Å². The van der Waals surface area contributed by atoms with Crippen molar-refractivity contribution in [1.29, 1.82) is 0 Å². The molecule has 6 nitrogen and oxygen atoms in total. The fraction of sp³-hybridized carbons (Fsp3) is 0.235. The van der Waals surface area contributed by atoms with Gasteiger partial charge in [-0.1, -0.05) is 42.1 Å². The van der Waals surface area contributed by atoms with Crippen molar-refractivity contribution >= 4 is 17.7 Å². The molecule has 0 bridgehead atoms. The lowest BCUT2D eigenvalue weighted by atomic mass is 10.2. The lowest BCUT2D eigenvalue weighted by Crippen LogP contribution is -2.22. The van der Waals surface area contributed by atoms with Gasteiger partial charge in [0.15, 0.2) is 11.0 Å². The maximum atomic E-state index is 11.8. The van der Waals surface area contributed by atoms with E-state index in [2.05, 4.69) is 15.5 Å². The highest BCUT2D eigenvalue weighted by atomic mass is 32.2. The molecule has 24 heavy (non-hydrogen) atoms. The largest absolute Gasteiger partial charge is 0.467 e. The third-order valence-corrected chi connectivity index (χ3v) is 4.49. The van der Waals surface area contributed by atoms with E-state index in [0.29, 0.717) is 18.7 Å². The molecule has 0 saturated heterocycles. The third-order valence-electron chi connectivity index (χ3n) is 3.47. The number of rotatable bonds is 7. The molecule has 1 amide bonds. The summed E-state index contributed by atoms with van der Waals surface area (Å²) in [4.78, 5) is 11.8. The number of amides is 1. The van der Waals surface area contributed by atoms with E-state index in [1.807, 2.05) is 48.0 Å². The van der Waals surface area contributed by atoms with Gasteiger partial charge in [-0.25, -0.2) is 0 Å². The van der Waals surface area contributed by atoms with Crippen LogP contribution in [-0.4, -0.2) is 26.4 Å². The van der Waals surface area contributed by atoms with Crippen molar-refractivity contribution in [3.63, 3.8) is 0 Å². The van der Waals surface area contributed by atoms with Crippen molar-refractivity contribution in [3.05, 3.63) is 54.5 Å². The first kappa shape index (κ1) is 16.3. The summed E-state index contributed by atoms with van der Waals surface area (Å²) in [5.41, 5.74) is 1.02. The predicted octanol–water partition coefficient (Wildman–Crippen LogP) is 2.87. The minimum absolute atomic E-state index is 0.00986. The minimum atomic E-state index is -0.00986. The van der Waals surface area contributed by atoms with E-state index in [-0.39, 0.29) is 5.91 Å². The Kier molecular flexibility index (Phi) is 5.32. The monoisotopic (exact) mass is 342 g/mol. The molecule has 1 N–H and O–H groups in total. The van der Waals surface area contributed by atoms with Crippen molar-refractivity contribution in [2.75, 3.05) is 5.75 Å². The Morgan fingerprint density at radius 1 is 1.21 bits per heavy atom. The molecule has 124 valence electrons. The van der Waals surface area contributed by atoms with Crippen LogP contribution in [-0.2, 0) is 18.4 Å². The van der Waals surface area contributed by atoms with Gasteiger partial charge < -0.3 is 14.3 Å². The molecule has 0 aliphatic rings. The van der Waals surface area contributed by atoms with Gasteiger partial charge in [0.2, 0.25) is 5.91 Å². The van der Waals surface area contributed by atoms with Crippen molar-refractivity contribution in [1.82, 2.24) is 20.1 Å². The predicted molar refractivity (Wildman–Crippen MR) is 92.3 cm³/mol. The van der Waals surface area contributed by atoms with Gasteiger partial charge >= 0.3 is 0 Å². The first-order chi connectivity index (χ1) is 11.7. The number of hydrogen-bond acceptors (Lipinski definition) is 5. The summed E-state index contributed by atoms with van der Waals surface area (Å²) in [6, 6.07) is 13.5. The number of carbonyl (C=O) groups is 1. The zero-order valence-electron chi connectivity index (χ0n) is 13.3. The normalized spacial score (nSPS) is 10.7. The maximum absolute atomic E-state index is 11.8. The topological polar surface area (TPSA) is 73.0 Å². The Balaban J connectivity index is 1.48. The Hall–Kier alpha value is -2.54. The van der Waals surface area contributed by atoms with Crippen molar-refractivity contribution in [3.8, 4) is 11.4 Å². The summed E-state index contributed by atoms with van der Waals surface area (Å²) >= 11 is 1.52. The van der Waals surface area contributed by atoms with Crippen LogP contribution >= 0.6 is 11.8 Å². The van der Waals surface area contributed by atoms with Gasteiger partial charge in [-0.2, -0.15) is 0 Å². The van der Waals surface area contributed by atoms with Gasteiger partial charge in [0, 0.05) is 24.8 Å². The molecule has 0 unspecified atom stereocenters. The van der Waals surface area contributed by atoms with Gasteiger partial charge in [-0.3, -0.25) is 4.79 Å². The Morgan fingerprint density at radius 2 is 2.04 bits per heavy atom. The highest BCUT2D eigenvalue weighted by Crippen LogP contribution is 2.22. The molecule has 0 saturated carbocycles. The molecule has 7 heteroatoms. The molecule has 0 radical (unpaired) electrons. The highest BCUT2D eigenvalue weighted by molar-refractivity contribution is 7.99. The van der Waals surface area contributed by atoms with E-state index >= 15 is 0 Å². The molecule has 2 aromatic heterocycles. The second kappa shape index (κ2) is 7.83. The number of furan rings is 1. The minimum Gasteiger partial charge on any atom is -0.467 e. The zero-order chi connectivity index (χ0) is 16.8. The Morgan fingerprint density at radius 3 is 2.79 bits per heavy atom. The van der Waals surface area contributed by atoms with Crippen LogP contribution in [0, 0.1) is 0 Å². The number of carbonyl (C=O) groups excluding carboxylic acids is 1. The number of nitrogens with one attached hydrogen (secondary N) is 1. The van der Waals surface area contributed by atoms with Crippen LogP contribution in [0.3, 0.4) is 0 Å². The Labute approximate surface area is 144 Å². The van der Waals surface area contributed by atoms with Gasteiger partial charge in [0.05, 0.1) is 12.8 Å². The highest BCUT2D eigenvalue weighted by Gasteiger charge is 2.11. The fourth-order valence-corrected chi connectivity index (χ4v) is 3.05. The van der Waals surface area contributed by atoms with Crippen LogP contribution in [0.1, 0.15) is 12.2 Å². The molecular weight excluding hydrogens is 324 g/mol. The molecule has 0 fully saturated rings. The second-order valence-corrected chi connectivity index (χ2v) is 6.25. The molecule has 0 aliphatic heterocycles.